The molecule has 1 saturated heterocycles. The number of hydrogen-bond acceptors (Lipinski definition) is 5. The Bertz CT molecular complexity index is 962. The van der Waals surface area contributed by atoms with Crippen LogP contribution in [0.3, 0.4) is 0 Å². The molecular weight excluding hydrogens is 394 g/mol. The van der Waals surface area contributed by atoms with Crippen LogP contribution < -0.4 is 10.1 Å². The molecule has 2 aromatic rings. The van der Waals surface area contributed by atoms with Gasteiger partial charge in [0.05, 0.1) is 18.1 Å². The number of carbonyl (C=O) groups excluding carboxylic acids is 1. The number of ether oxygens (including phenoxy) is 2. The van der Waals surface area contributed by atoms with Gasteiger partial charge in [-0.3, -0.25) is 4.79 Å². The highest BCUT2D eigenvalue weighted by Crippen LogP contribution is 2.21. The van der Waals surface area contributed by atoms with Gasteiger partial charge in [0.1, 0.15) is 5.82 Å². The summed E-state index contributed by atoms with van der Waals surface area (Å²) in [5.74, 6) is -2.57. The van der Waals surface area contributed by atoms with E-state index in [4.69, 9.17) is 9.47 Å². The standard InChI is InChI=1S/C18H18F2N2O5S/c19-13-4-5-17(16(20)10-13)27-12-18(23)21-14-2-1-3-15(11-14)28(24,25)22-6-8-26-9-7-22/h1-5,10-11H,6-9,12H2,(H,21,23). The molecule has 1 heterocycles. The Labute approximate surface area is 160 Å². The molecule has 7 nitrogen and oxygen atoms in total. The van der Waals surface area contributed by atoms with Gasteiger partial charge in [0.15, 0.2) is 18.2 Å². The van der Waals surface area contributed by atoms with Crippen LogP contribution in [0.5, 0.6) is 5.75 Å². The van der Waals surface area contributed by atoms with Crippen LogP contribution in [0.25, 0.3) is 0 Å². The molecule has 1 N–H and O–H groups in total. The second-order valence-electron chi connectivity index (χ2n) is 5.96. The summed E-state index contributed by atoms with van der Waals surface area (Å²) >= 11 is 0. The molecule has 0 aromatic heterocycles. The van der Waals surface area contributed by atoms with Gasteiger partial charge >= 0.3 is 0 Å². The predicted octanol–water partition coefficient (Wildman–Crippen LogP) is 2.00. The Hall–Kier alpha value is -2.56. The van der Waals surface area contributed by atoms with Crippen molar-refractivity contribution in [1.29, 1.82) is 0 Å². The summed E-state index contributed by atoms with van der Waals surface area (Å²) in [6.45, 7) is 0.648. The van der Waals surface area contributed by atoms with Crippen LogP contribution in [-0.4, -0.2) is 51.5 Å². The molecular formula is C18H18F2N2O5S. The maximum Gasteiger partial charge on any atom is 0.262 e. The van der Waals surface area contributed by atoms with Crippen molar-refractivity contribution in [3.05, 3.63) is 54.1 Å². The third kappa shape index (κ3) is 4.83. The molecule has 150 valence electrons. The topological polar surface area (TPSA) is 84.9 Å². The molecule has 28 heavy (non-hydrogen) atoms. The van der Waals surface area contributed by atoms with E-state index >= 15 is 0 Å². The summed E-state index contributed by atoms with van der Waals surface area (Å²) in [7, 11) is -3.70. The summed E-state index contributed by atoms with van der Waals surface area (Å²) in [6.07, 6.45) is 0. The van der Waals surface area contributed by atoms with E-state index in [-0.39, 0.29) is 29.4 Å². The van der Waals surface area contributed by atoms with Crippen molar-refractivity contribution >= 4 is 21.6 Å². The summed E-state index contributed by atoms with van der Waals surface area (Å²) in [5, 5.41) is 2.49. The van der Waals surface area contributed by atoms with Gasteiger partial charge in [-0.15, -0.1) is 0 Å². The van der Waals surface area contributed by atoms with Crippen molar-refractivity contribution in [3.63, 3.8) is 0 Å². The second-order valence-corrected chi connectivity index (χ2v) is 7.89. The molecule has 1 aliphatic heterocycles. The number of morpholine rings is 1. The van der Waals surface area contributed by atoms with Crippen LogP contribution in [0.4, 0.5) is 14.5 Å². The van der Waals surface area contributed by atoms with Crippen LogP contribution in [0.1, 0.15) is 0 Å². The predicted molar refractivity (Wildman–Crippen MR) is 96.5 cm³/mol. The van der Waals surface area contributed by atoms with Gasteiger partial charge in [-0.2, -0.15) is 4.31 Å². The quantitative estimate of drug-likeness (QED) is 0.785. The average molecular weight is 412 g/mol. The minimum atomic E-state index is -3.70. The van der Waals surface area contributed by atoms with Crippen molar-refractivity contribution in [2.45, 2.75) is 4.90 Å². The monoisotopic (exact) mass is 412 g/mol. The van der Waals surface area contributed by atoms with E-state index in [0.29, 0.717) is 19.3 Å². The van der Waals surface area contributed by atoms with Gasteiger partial charge in [0.2, 0.25) is 10.0 Å². The molecule has 1 fully saturated rings. The molecule has 0 radical (unpaired) electrons. The van der Waals surface area contributed by atoms with Crippen molar-refractivity contribution in [3.8, 4) is 5.75 Å². The molecule has 2 aromatic carbocycles. The van der Waals surface area contributed by atoms with Gasteiger partial charge in [-0.25, -0.2) is 17.2 Å². The SMILES string of the molecule is O=C(COc1ccc(F)cc1F)Nc1cccc(S(=O)(=O)N2CCOCC2)c1. The fraction of sp³-hybridized carbons (Fsp3) is 0.278. The molecule has 0 bridgehead atoms. The van der Waals surface area contributed by atoms with Crippen LogP contribution in [-0.2, 0) is 19.6 Å². The third-order valence-corrected chi connectivity index (χ3v) is 5.87. The van der Waals surface area contributed by atoms with E-state index in [1.807, 2.05) is 0 Å². The number of benzene rings is 2. The molecule has 0 atom stereocenters. The van der Waals surface area contributed by atoms with Crippen molar-refractivity contribution < 1.29 is 31.5 Å². The maximum absolute atomic E-state index is 13.5. The molecule has 0 spiro atoms. The van der Waals surface area contributed by atoms with Gasteiger partial charge < -0.3 is 14.8 Å². The first-order valence-electron chi connectivity index (χ1n) is 8.42. The fourth-order valence-corrected chi connectivity index (χ4v) is 4.06. The summed E-state index contributed by atoms with van der Waals surface area (Å²) in [5.41, 5.74) is 0.252. The Balaban J connectivity index is 1.64. The maximum atomic E-state index is 13.5. The number of nitrogens with zero attached hydrogens (tertiary/aromatic N) is 1. The number of anilines is 1. The number of sulfonamides is 1. The number of carbonyl (C=O) groups is 1. The van der Waals surface area contributed by atoms with Crippen LogP contribution in [0.15, 0.2) is 47.4 Å². The van der Waals surface area contributed by atoms with Gasteiger partial charge in [0.25, 0.3) is 5.91 Å². The molecule has 0 saturated carbocycles. The smallest absolute Gasteiger partial charge is 0.262 e. The zero-order valence-electron chi connectivity index (χ0n) is 14.7. The number of hydrogen-bond donors (Lipinski definition) is 1. The van der Waals surface area contributed by atoms with Crippen molar-refractivity contribution in [1.82, 2.24) is 4.31 Å². The zero-order valence-corrected chi connectivity index (χ0v) is 15.5. The minimum absolute atomic E-state index is 0.0395. The number of nitrogens with one attached hydrogen (secondary N) is 1. The van der Waals surface area contributed by atoms with E-state index in [2.05, 4.69) is 5.32 Å². The first-order chi connectivity index (χ1) is 13.4. The largest absolute Gasteiger partial charge is 0.481 e. The van der Waals surface area contributed by atoms with E-state index in [9.17, 15) is 22.0 Å². The normalized spacial score (nSPS) is 15.2. The Morgan fingerprint density at radius 3 is 2.61 bits per heavy atom. The van der Waals surface area contributed by atoms with Crippen LogP contribution in [0, 0.1) is 11.6 Å². The Kier molecular flexibility index (Phi) is 6.22. The van der Waals surface area contributed by atoms with Crippen LogP contribution in [0.2, 0.25) is 0 Å². The minimum Gasteiger partial charge on any atom is -0.481 e. The van der Waals surface area contributed by atoms with Crippen molar-refractivity contribution in [2.24, 2.45) is 0 Å². The Morgan fingerprint density at radius 1 is 1.14 bits per heavy atom. The number of rotatable bonds is 6. The zero-order chi connectivity index (χ0) is 20.1. The highest BCUT2D eigenvalue weighted by Gasteiger charge is 2.26. The number of halogens is 2. The van der Waals surface area contributed by atoms with Crippen molar-refractivity contribution in [2.75, 3.05) is 38.2 Å². The lowest BCUT2D eigenvalue weighted by Gasteiger charge is -2.26. The average Bonchev–Trinajstić information content (AvgIpc) is 2.68. The van der Waals surface area contributed by atoms with Gasteiger partial charge in [-0.1, -0.05) is 6.07 Å². The lowest BCUT2D eigenvalue weighted by molar-refractivity contribution is -0.118. The van der Waals surface area contributed by atoms with E-state index < -0.39 is 34.2 Å². The second kappa shape index (κ2) is 8.63. The van der Waals surface area contributed by atoms with E-state index in [0.717, 1.165) is 12.1 Å². The molecule has 3 rings (SSSR count). The molecule has 0 unspecified atom stereocenters. The molecule has 0 aliphatic carbocycles. The highest BCUT2D eigenvalue weighted by atomic mass is 32.2. The Morgan fingerprint density at radius 2 is 1.89 bits per heavy atom. The van der Waals surface area contributed by atoms with Gasteiger partial charge in [0, 0.05) is 24.8 Å². The molecule has 1 aliphatic rings. The fourth-order valence-electron chi connectivity index (χ4n) is 2.60. The first kappa shape index (κ1) is 20.2. The van der Waals surface area contributed by atoms with Crippen LogP contribution >= 0.6 is 0 Å². The lowest BCUT2D eigenvalue weighted by atomic mass is 10.3. The van der Waals surface area contributed by atoms with E-state index in [1.54, 1.807) is 0 Å². The van der Waals surface area contributed by atoms with E-state index in [1.165, 1.54) is 28.6 Å². The molecule has 10 heteroatoms. The third-order valence-electron chi connectivity index (χ3n) is 3.98. The molecule has 1 amide bonds. The summed E-state index contributed by atoms with van der Waals surface area (Å²) < 4.78 is 63.2. The highest BCUT2D eigenvalue weighted by molar-refractivity contribution is 7.89. The summed E-state index contributed by atoms with van der Waals surface area (Å²) in [4.78, 5) is 12.1. The van der Waals surface area contributed by atoms with Gasteiger partial charge in [-0.05, 0) is 30.3 Å². The summed E-state index contributed by atoms with van der Waals surface area (Å²) in [6, 6.07) is 8.53. The first-order valence-corrected chi connectivity index (χ1v) is 9.86. The lowest BCUT2D eigenvalue weighted by Crippen LogP contribution is -2.40. The number of amides is 1.